The van der Waals surface area contributed by atoms with Crippen molar-refractivity contribution in [3.05, 3.63) is 33.4 Å². The number of aromatic nitrogens is 3. The first-order chi connectivity index (χ1) is 15.5. The van der Waals surface area contributed by atoms with E-state index in [9.17, 15) is 14.4 Å². The molecule has 2 aliphatic carbocycles. The van der Waals surface area contributed by atoms with Crippen LogP contribution in [0.3, 0.4) is 0 Å². The molecule has 0 unspecified atom stereocenters. The summed E-state index contributed by atoms with van der Waals surface area (Å²) in [5.41, 5.74) is 3.40. The molecule has 2 aliphatic heterocycles. The van der Waals surface area contributed by atoms with E-state index in [-0.39, 0.29) is 17.4 Å². The van der Waals surface area contributed by atoms with Crippen LogP contribution in [0.5, 0.6) is 0 Å². The van der Waals surface area contributed by atoms with Gasteiger partial charge in [0.25, 0.3) is 5.56 Å². The molecule has 2 amide bonds. The molecule has 32 heavy (non-hydrogen) atoms. The summed E-state index contributed by atoms with van der Waals surface area (Å²) < 4.78 is 1.54. The molecule has 3 fully saturated rings. The normalized spacial score (nSPS) is 24.5. The zero-order chi connectivity index (χ0) is 22.0. The first-order valence-electron chi connectivity index (χ1n) is 12.2. The molecule has 2 saturated carbocycles. The Kier molecular flexibility index (Phi) is 4.49. The highest BCUT2D eigenvalue weighted by Crippen LogP contribution is 2.66. The van der Waals surface area contributed by atoms with Crippen molar-refractivity contribution in [3.8, 4) is 0 Å². The molecular weight excluding hydrogens is 406 g/mol. The maximum atomic E-state index is 13.1. The topological polar surface area (TPSA) is 90.8 Å². The molecule has 1 atom stereocenters. The smallest absolute Gasteiger partial charge is 0.277 e. The van der Waals surface area contributed by atoms with Gasteiger partial charge in [0.2, 0.25) is 11.8 Å². The summed E-state index contributed by atoms with van der Waals surface area (Å²) in [5.74, 6) is 1.03. The van der Waals surface area contributed by atoms with Gasteiger partial charge >= 0.3 is 0 Å². The van der Waals surface area contributed by atoms with Gasteiger partial charge in [-0.1, -0.05) is 13.3 Å². The zero-order valence-electron chi connectivity index (χ0n) is 18.7. The Balaban J connectivity index is 1.18. The number of H-pyrrole nitrogens is 1. The number of carbonyl (C=O) groups excluding carboxylic acids is 2. The van der Waals surface area contributed by atoms with Gasteiger partial charge in [-0.25, -0.2) is 9.50 Å². The highest BCUT2D eigenvalue weighted by Gasteiger charge is 2.61. The molecule has 170 valence electrons. The minimum absolute atomic E-state index is 0.0723. The Bertz CT molecular complexity index is 1150. The molecule has 8 heteroatoms. The lowest BCUT2D eigenvalue weighted by Gasteiger charge is -2.33. The van der Waals surface area contributed by atoms with Crippen LogP contribution in [0.25, 0.3) is 5.65 Å². The first-order valence-corrected chi connectivity index (χ1v) is 12.2. The second-order valence-corrected chi connectivity index (χ2v) is 10.2. The number of amides is 2. The molecule has 2 aromatic heterocycles. The van der Waals surface area contributed by atoms with Crippen LogP contribution in [0.1, 0.15) is 74.7 Å². The third-order valence-electron chi connectivity index (χ3n) is 8.52. The van der Waals surface area contributed by atoms with Crippen LogP contribution < -0.4 is 5.56 Å². The highest BCUT2D eigenvalue weighted by atomic mass is 16.2. The zero-order valence-corrected chi connectivity index (χ0v) is 18.7. The van der Waals surface area contributed by atoms with E-state index in [0.717, 1.165) is 43.7 Å². The molecule has 6 rings (SSSR count). The van der Waals surface area contributed by atoms with Crippen LogP contribution >= 0.6 is 0 Å². The summed E-state index contributed by atoms with van der Waals surface area (Å²) in [5, 5.41) is 3.29. The number of nitrogens with one attached hydrogen (secondary N) is 1. The van der Waals surface area contributed by atoms with Crippen molar-refractivity contribution in [2.75, 3.05) is 19.6 Å². The van der Waals surface area contributed by atoms with E-state index in [1.54, 1.807) is 4.90 Å². The molecule has 4 heterocycles. The molecule has 1 saturated heterocycles. The van der Waals surface area contributed by atoms with Crippen LogP contribution in [0, 0.1) is 11.3 Å². The van der Waals surface area contributed by atoms with Crippen molar-refractivity contribution in [2.45, 2.75) is 70.8 Å². The maximum Gasteiger partial charge on any atom is 0.277 e. The maximum absolute atomic E-state index is 13.1. The molecule has 2 aromatic rings. The Morgan fingerprint density at radius 1 is 1.19 bits per heavy atom. The fraction of sp³-hybridized carbons (Fsp3) is 0.667. The monoisotopic (exact) mass is 437 g/mol. The van der Waals surface area contributed by atoms with E-state index < -0.39 is 0 Å². The molecule has 0 bridgehead atoms. The predicted octanol–water partition coefficient (Wildman–Crippen LogP) is 2.21. The average Bonchev–Trinajstić information content (AvgIpc) is 3.44. The van der Waals surface area contributed by atoms with E-state index >= 15 is 0 Å². The van der Waals surface area contributed by atoms with Gasteiger partial charge in [0.1, 0.15) is 0 Å². The lowest BCUT2D eigenvalue weighted by Crippen LogP contribution is -2.40. The number of likely N-dealkylation sites (tertiary alicyclic amines) is 1. The van der Waals surface area contributed by atoms with Crippen molar-refractivity contribution in [3.63, 3.8) is 0 Å². The van der Waals surface area contributed by atoms with Crippen LogP contribution in [0.2, 0.25) is 0 Å². The minimum Gasteiger partial charge on any atom is -0.342 e. The fourth-order valence-electron chi connectivity index (χ4n) is 6.16. The quantitative estimate of drug-likeness (QED) is 0.797. The minimum atomic E-state index is -0.100. The second kappa shape index (κ2) is 7.18. The van der Waals surface area contributed by atoms with Gasteiger partial charge in [-0.05, 0) is 37.5 Å². The predicted molar refractivity (Wildman–Crippen MR) is 118 cm³/mol. The summed E-state index contributed by atoms with van der Waals surface area (Å²) >= 11 is 0. The van der Waals surface area contributed by atoms with E-state index in [1.165, 1.54) is 23.8 Å². The van der Waals surface area contributed by atoms with Crippen molar-refractivity contribution in [1.29, 1.82) is 0 Å². The number of aromatic amines is 1. The van der Waals surface area contributed by atoms with E-state index in [0.29, 0.717) is 54.4 Å². The lowest BCUT2D eigenvalue weighted by atomic mass is 9.79. The molecule has 0 aromatic carbocycles. The van der Waals surface area contributed by atoms with Crippen molar-refractivity contribution in [1.82, 2.24) is 24.4 Å². The van der Waals surface area contributed by atoms with Crippen LogP contribution in [-0.4, -0.2) is 55.8 Å². The standard InChI is InChI=1S/C24H31N5O3/c1-2-21(30)28-11-6-18-16(14-28)22(31)29-20(25-18)12-19(26-29)15-4-9-27(10-5-15)23(32)17-13-24(17)7-3-8-24/h12,15,17,26H,2-11,13-14H2,1H3/t17-/m1/s1. The Labute approximate surface area is 187 Å². The molecule has 1 N–H and O–H groups in total. The SMILES string of the molecule is CCC(=O)N1CCc2nc3cc(C4CCN(C(=O)[C@H]5CC56CCC6)CC4)[nH]n3c(=O)c2C1. The van der Waals surface area contributed by atoms with Crippen molar-refractivity contribution < 1.29 is 9.59 Å². The van der Waals surface area contributed by atoms with E-state index in [2.05, 4.69) is 10.00 Å². The molecule has 1 spiro atoms. The number of carbonyl (C=O) groups is 2. The number of rotatable bonds is 3. The summed E-state index contributed by atoms with van der Waals surface area (Å²) in [7, 11) is 0. The molecule has 8 nitrogen and oxygen atoms in total. The second-order valence-electron chi connectivity index (χ2n) is 10.2. The molecule has 0 radical (unpaired) electrons. The third kappa shape index (κ3) is 3.02. The average molecular weight is 438 g/mol. The van der Waals surface area contributed by atoms with Gasteiger partial charge in [-0.15, -0.1) is 0 Å². The van der Waals surface area contributed by atoms with Gasteiger partial charge in [0.05, 0.1) is 17.8 Å². The summed E-state index contributed by atoms with van der Waals surface area (Å²) in [6, 6.07) is 2.00. The number of hydrogen-bond acceptors (Lipinski definition) is 4. The summed E-state index contributed by atoms with van der Waals surface area (Å²) in [6.45, 7) is 4.39. The van der Waals surface area contributed by atoms with Crippen molar-refractivity contribution >= 4 is 17.5 Å². The van der Waals surface area contributed by atoms with Gasteiger partial charge in [0, 0.05) is 56.1 Å². The van der Waals surface area contributed by atoms with Crippen LogP contribution in [-0.2, 0) is 22.6 Å². The molecule has 4 aliphatic rings. The highest BCUT2D eigenvalue weighted by molar-refractivity contribution is 5.83. The van der Waals surface area contributed by atoms with Gasteiger partial charge in [-0.3, -0.25) is 19.5 Å². The van der Waals surface area contributed by atoms with Gasteiger partial charge in [0.15, 0.2) is 5.65 Å². The Morgan fingerprint density at radius 2 is 1.97 bits per heavy atom. The number of hydrogen-bond donors (Lipinski definition) is 1. The molecular formula is C24H31N5O3. The van der Waals surface area contributed by atoms with Crippen LogP contribution in [0.15, 0.2) is 10.9 Å². The number of fused-ring (bicyclic) bond motifs is 2. The first kappa shape index (κ1) is 20.0. The Hall–Kier alpha value is -2.64. The lowest BCUT2D eigenvalue weighted by molar-refractivity contribution is -0.135. The van der Waals surface area contributed by atoms with Crippen LogP contribution in [0.4, 0.5) is 0 Å². The third-order valence-corrected chi connectivity index (χ3v) is 8.52. The van der Waals surface area contributed by atoms with Gasteiger partial charge < -0.3 is 9.80 Å². The number of nitrogens with zero attached hydrogens (tertiary/aromatic N) is 4. The summed E-state index contributed by atoms with van der Waals surface area (Å²) in [6.07, 6.45) is 7.76. The fourth-order valence-corrected chi connectivity index (χ4v) is 6.16. The van der Waals surface area contributed by atoms with Gasteiger partial charge in [-0.2, -0.15) is 0 Å². The summed E-state index contributed by atoms with van der Waals surface area (Å²) in [4.78, 5) is 46.7. The number of piperidine rings is 1. The largest absolute Gasteiger partial charge is 0.342 e. The van der Waals surface area contributed by atoms with E-state index in [1.807, 2.05) is 13.0 Å². The van der Waals surface area contributed by atoms with Crippen molar-refractivity contribution in [2.24, 2.45) is 11.3 Å². The van der Waals surface area contributed by atoms with E-state index in [4.69, 9.17) is 4.98 Å². The Morgan fingerprint density at radius 3 is 2.62 bits per heavy atom.